The van der Waals surface area contributed by atoms with E-state index in [4.69, 9.17) is 4.74 Å². The second-order valence-electron chi connectivity index (χ2n) is 5.09. The molecule has 0 heterocycles. The third kappa shape index (κ3) is 4.88. The molecule has 6 heteroatoms. The van der Waals surface area contributed by atoms with Gasteiger partial charge in [0.05, 0.1) is 17.6 Å². The molecule has 0 radical (unpaired) electrons. The highest BCUT2D eigenvalue weighted by atomic mass is 16.6. The van der Waals surface area contributed by atoms with Crippen molar-refractivity contribution in [2.45, 2.75) is 18.9 Å². The van der Waals surface area contributed by atoms with E-state index in [0.29, 0.717) is 25.3 Å². The molecule has 0 aliphatic heterocycles. The summed E-state index contributed by atoms with van der Waals surface area (Å²) in [5, 5.41) is 23.6. The van der Waals surface area contributed by atoms with Crippen LogP contribution in [0, 0.1) is 16.0 Å². The van der Waals surface area contributed by atoms with Crippen LogP contribution in [0.4, 0.5) is 5.69 Å². The van der Waals surface area contributed by atoms with Crippen LogP contribution < -0.4 is 5.32 Å². The fraction of sp³-hybridized carbons (Fsp3) is 0.571. The van der Waals surface area contributed by atoms with Gasteiger partial charge < -0.3 is 15.2 Å². The van der Waals surface area contributed by atoms with Gasteiger partial charge in [-0.2, -0.15) is 0 Å². The zero-order valence-electron chi connectivity index (χ0n) is 11.3. The minimum absolute atomic E-state index is 0.0300. The zero-order chi connectivity index (χ0) is 14.4. The lowest BCUT2D eigenvalue weighted by Gasteiger charge is -2.12. The van der Waals surface area contributed by atoms with Gasteiger partial charge in [0, 0.05) is 31.8 Å². The summed E-state index contributed by atoms with van der Waals surface area (Å²) < 4.78 is 5.47. The van der Waals surface area contributed by atoms with Crippen LogP contribution in [0.2, 0.25) is 0 Å². The lowest BCUT2D eigenvalue weighted by Crippen LogP contribution is -2.25. The Morgan fingerprint density at radius 3 is 2.70 bits per heavy atom. The molecule has 110 valence electrons. The normalized spacial score (nSPS) is 16.1. The number of hydrogen-bond acceptors (Lipinski definition) is 5. The molecule has 0 amide bonds. The van der Waals surface area contributed by atoms with E-state index in [1.807, 2.05) is 0 Å². The number of nitrogens with one attached hydrogen (secondary N) is 1. The van der Waals surface area contributed by atoms with E-state index in [-0.39, 0.29) is 5.69 Å². The minimum atomic E-state index is -0.667. The first-order valence-corrected chi connectivity index (χ1v) is 6.87. The van der Waals surface area contributed by atoms with Gasteiger partial charge in [0.15, 0.2) is 0 Å². The summed E-state index contributed by atoms with van der Waals surface area (Å²) in [7, 11) is 0. The Labute approximate surface area is 117 Å². The van der Waals surface area contributed by atoms with Gasteiger partial charge in [-0.1, -0.05) is 0 Å². The van der Waals surface area contributed by atoms with Crippen molar-refractivity contribution in [1.29, 1.82) is 0 Å². The maximum absolute atomic E-state index is 10.5. The maximum Gasteiger partial charge on any atom is 0.269 e. The largest absolute Gasteiger partial charge is 0.387 e. The Morgan fingerprint density at radius 2 is 2.10 bits per heavy atom. The van der Waals surface area contributed by atoms with Crippen molar-refractivity contribution in [2.75, 3.05) is 26.3 Å². The van der Waals surface area contributed by atoms with Crippen molar-refractivity contribution in [1.82, 2.24) is 5.32 Å². The van der Waals surface area contributed by atoms with Gasteiger partial charge in [0.2, 0.25) is 0 Å². The Hall–Kier alpha value is -1.50. The summed E-state index contributed by atoms with van der Waals surface area (Å²) in [6, 6.07) is 5.96. The number of aliphatic hydroxyl groups excluding tert-OH is 1. The molecule has 1 saturated carbocycles. The van der Waals surface area contributed by atoms with Gasteiger partial charge in [-0.15, -0.1) is 0 Å². The summed E-state index contributed by atoms with van der Waals surface area (Å²) in [5.74, 6) is 0.765. The number of nitro benzene ring substituents is 1. The Morgan fingerprint density at radius 1 is 1.40 bits per heavy atom. The number of nitro groups is 1. The van der Waals surface area contributed by atoms with Crippen molar-refractivity contribution in [3.8, 4) is 0 Å². The van der Waals surface area contributed by atoms with E-state index in [2.05, 4.69) is 5.32 Å². The third-order valence-corrected chi connectivity index (χ3v) is 3.30. The third-order valence-electron chi connectivity index (χ3n) is 3.30. The monoisotopic (exact) mass is 280 g/mol. The van der Waals surface area contributed by atoms with Crippen molar-refractivity contribution in [3.63, 3.8) is 0 Å². The molecule has 1 aromatic carbocycles. The smallest absolute Gasteiger partial charge is 0.269 e. The van der Waals surface area contributed by atoms with Crippen LogP contribution in [0.3, 0.4) is 0 Å². The second-order valence-corrected chi connectivity index (χ2v) is 5.09. The second kappa shape index (κ2) is 7.33. The number of benzene rings is 1. The lowest BCUT2D eigenvalue weighted by molar-refractivity contribution is -0.384. The average molecular weight is 280 g/mol. The molecule has 0 bridgehead atoms. The molecule has 1 aromatic rings. The maximum atomic E-state index is 10.5. The highest BCUT2D eigenvalue weighted by molar-refractivity contribution is 5.33. The van der Waals surface area contributed by atoms with Crippen LogP contribution in [-0.2, 0) is 4.74 Å². The van der Waals surface area contributed by atoms with E-state index >= 15 is 0 Å². The summed E-state index contributed by atoms with van der Waals surface area (Å²) in [5.41, 5.74) is 0.699. The van der Waals surface area contributed by atoms with E-state index in [1.165, 1.54) is 25.0 Å². The van der Waals surface area contributed by atoms with Crippen LogP contribution in [-0.4, -0.2) is 36.3 Å². The molecule has 1 aliphatic rings. The number of hydrogen-bond donors (Lipinski definition) is 2. The zero-order valence-corrected chi connectivity index (χ0v) is 11.3. The molecule has 1 unspecified atom stereocenters. The molecule has 2 N–H and O–H groups in total. The first kappa shape index (κ1) is 14.9. The van der Waals surface area contributed by atoms with Crippen molar-refractivity contribution in [3.05, 3.63) is 39.9 Å². The first-order valence-electron chi connectivity index (χ1n) is 6.87. The number of nitrogens with zero attached hydrogens (tertiary/aromatic N) is 1. The van der Waals surface area contributed by atoms with Crippen molar-refractivity contribution < 1.29 is 14.8 Å². The van der Waals surface area contributed by atoms with E-state index in [0.717, 1.165) is 12.5 Å². The van der Waals surface area contributed by atoms with Gasteiger partial charge >= 0.3 is 0 Å². The first-order chi connectivity index (χ1) is 9.66. The van der Waals surface area contributed by atoms with Crippen LogP contribution in [0.15, 0.2) is 24.3 Å². The average Bonchev–Trinajstić information content (AvgIpc) is 3.26. The van der Waals surface area contributed by atoms with Crippen LogP contribution in [0.5, 0.6) is 0 Å². The van der Waals surface area contributed by atoms with Gasteiger partial charge in [0.1, 0.15) is 0 Å². The molecule has 1 aliphatic carbocycles. The molecular formula is C14H20N2O4. The molecule has 1 fully saturated rings. The van der Waals surface area contributed by atoms with Gasteiger partial charge in [-0.3, -0.25) is 10.1 Å². The number of aliphatic hydroxyl groups is 1. The summed E-state index contributed by atoms with van der Waals surface area (Å²) in [4.78, 5) is 10.1. The van der Waals surface area contributed by atoms with Crippen LogP contribution in [0.1, 0.15) is 24.5 Å². The molecule has 0 saturated heterocycles. The highest BCUT2D eigenvalue weighted by Crippen LogP contribution is 2.28. The Kier molecular flexibility index (Phi) is 5.46. The standard InChI is InChI=1S/C14H20N2O4/c17-14(9-15-7-8-20-10-11-1-2-11)12-3-5-13(6-4-12)16(18)19/h3-6,11,14-15,17H,1-2,7-10H2. The van der Waals surface area contributed by atoms with Gasteiger partial charge in [-0.05, 0) is 36.5 Å². The van der Waals surface area contributed by atoms with Crippen LogP contribution in [0.25, 0.3) is 0 Å². The number of ether oxygens (including phenoxy) is 1. The molecule has 0 spiro atoms. The summed E-state index contributed by atoms with van der Waals surface area (Å²) in [6.45, 7) is 2.58. The Bertz CT molecular complexity index is 431. The minimum Gasteiger partial charge on any atom is -0.387 e. The lowest BCUT2D eigenvalue weighted by atomic mass is 10.1. The van der Waals surface area contributed by atoms with E-state index < -0.39 is 11.0 Å². The predicted molar refractivity (Wildman–Crippen MR) is 74.5 cm³/mol. The van der Waals surface area contributed by atoms with Crippen molar-refractivity contribution in [2.24, 2.45) is 5.92 Å². The number of non-ortho nitro benzene ring substituents is 1. The van der Waals surface area contributed by atoms with Gasteiger partial charge in [0.25, 0.3) is 5.69 Å². The molecule has 2 rings (SSSR count). The molecule has 1 atom stereocenters. The number of rotatable bonds is 9. The van der Waals surface area contributed by atoms with E-state index in [9.17, 15) is 15.2 Å². The van der Waals surface area contributed by atoms with E-state index in [1.54, 1.807) is 12.1 Å². The molecular weight excluding hydrogens is 260 g/mol. The topological polar surface area (TPSA) is 84.6 Å². The summed E-state index contributed by atoms with van der Waals surface area (Å²) >= 11 is 0. The van der Waals surface area contributed by atoms with Gasteiger partial charge in [-0.25, -0.2) is 0 Å². The molecule has 0 aromatic heterocycles. The fourth-order valence-corrected chi connectivity index (χ4v) is 1.85. The Balaban J connectivity index is 1.62. The van der Waals surface area contributed by atoms with Crippen molar-refractivity contribution >= 4 is 5.69 Å². The molecule has 6 nitrogen and oxygen atoms in total. The highest BCUT2D eigenvalue weighted by Gasteiger charge is 2.20. The van der Waals surface area contributed by atoms with Crippen LogP contribution >= 0.6 is 0 Å². The SMILES string of the molecule is O=[N+]([O-])c1ccc(C(O)CNCCOCC2CC2)cc1. The predicted octanol–water partition coefficient (Wildman–Crippen LogP) is 1.64. The molecule has 20 heavy (non-hydrogen) atoms. The summed E-state index contributed by atoms with van der Waals surface area (Å²) in [6.07, 6.45) is 1.90. The fourth-order valence-electron chi connectivity index (χ4n) is 1.85. The quantitative estimate of drug-likeness (QED) is 0.408.